The van der Waals surface area contributed by atoms with E-state index in [9.17, 15) is 18.5 Å². The number of sulfone groups is 1. The van der Waals surface area contributed by atoms with Gasteiger partial charge in [-0.25, -0.2) is 13.2 Å². The summed E-state index contributed by atoms with van der Waals surface area (Å²) in [6.45, 7) is 3.86. The topological polar surface area (TPSA) is 111 Å². The number of hydrogen-bond donors (Lipinski definition) is 0. The summed E-state index contributed by atoms with van der Waals surface area (Å²) in [5, 5.41) is 13.6. The summed E-state index contributed by atoms with van der Waals surface area (Å²) in [4.78, 5) is 11.9. The van der Waals surface area contributed by atoms with Crippen LogP contribution in [0.2, 0.25) is 0 Å². The molecule has 9 heteroatoms. The van der Waals surface area contributed by atoms with Crippen LogP contribution in [0.25, 0.3) is 6.08 Å². The van der Waals surface area contributed by atoms with Crippen LogP contribution in [0, 0.1) is 25.2 Å². The Morgan fingerprint density at radius 2 is 2.16 bits per heavy atom. The van der Waals surface area contributed by atoms with Crippen LogP contribution in [-0.4, -0.2) is 56.0 Å². The number of carbonyl (C=O) groups excluding carboxylic acids is 1. The summed E-state index contributed by atoms with van der Waals surface area (Å²) in [7, 11) is -1.55. The summed E-state index contributed by atoms with van der Waals surface area (Å²) >= 11 is 0. The van der Waals surface area contributed by atoms with Gasteiger partial charge in [0.15, 0.2) is 9.84 Å². The molecule has 1 aromatic heterocycles. The molecular weight excluding hydrogens is 346 g/mol. The highest BCUT2D eigenvalue weighted by atomic mass is 32.2. The third-order valence-corrected chi connectivity index (χ3v) is 5.84. The zero-order valence-corrected chi connectivity index (χ0v) is 15.3. The molecule has 0 aromatic carbocycles. The molecule has 2 rings (SSSR count). The minimum Gasteiger partial charge on any atom is -0.459 e. The molecule has 1 aromatic rings. The predicted molar refractivity (Wildman–Crippen MR) is 90.4 cm³/mol. The van der Waals surface area contributed by atoms with Crippen molar-refractivity contribution in [2.24, 2.45) is 0 Å². The SMILES string of the molecule is COCCOC(=O)/C(C#N)=C/c1c(C)nn([C@@H]2CCS(=O)(=O)C2)c1C. The number of esters is 1. The highest BCUT2D eigenvalue weighted by Crippen LogP contribution is 2.27. The molecule has 0 spiro atoms. The molecule has 136 valence electrons. The van der Waals surface area contributed by atoms with Gasteiger partial charge in [0, 0.05) is 18.4 Å². The quantitative estimate of drug-likeness (QED) is 0.318. The molecular formula is C16H21N3O5S. The number of hydrogen-bond acceptors (Lipinski definition) is 7. The van der Waals surface area contributed by atoms with Crippen molar-refractivity contribution >= 4 is 21.9 Å². The summed E-state index contributed by atoms with van der Waals surface area (Å²) in [6, 6.07) is 1.62. The number of carbonyl (C=O) groups is 1. The van der Waals surface area contributed by atoms with E-state index in [1.807, 2.05) is 6.07 Å². The first kappa shape index (κ1) is 19.1. The predicted octanol–water partition coefficient (Wildman–Crippen LogP) is 0.956. The van der Waals surface area contributed by atoms with Crippen molar-refractivity contribution in [1.82, 2.24) is 9.78 Å². The Hall–Kier alpha value is -2.18. The van der Waals surface area contributed by atoms with Gasteiger partial charge in [-0.2, -0.15) is 10.4 Å². The molecule has 1 saturated heterocycles. The van der Waals surface area contributed by atoms with Crippen molar-refractivity contribution in [3.8, 4) is 6.07 Å². The van der Waals surface area contributed by atoms with E-state index >= 15 is 0 Å². The summed E-state index contributed by atoms with van der Waals surface area (Å²) < 4.78 is 34.8. The molecule has 1 atom stereocenters. The molecule has 1 fully saturated rings. The number of rotatable bonds is 6. The van der Waals surface area contributed by atoms with Crippen molar-refractivity contribution in [3.63, 3.8) is 0 Å². The molecule has 25 heavy (non-hydrogen) atoms. The monoisotopic (exact) mass is 367 g/mol. The molecule has 0 bridgehead atoms. The van der Waals surface area contributed by atoms with Crippen molar-refractivity contribution < 1.29 is 22.7 Å². The van der Waals surface area contributed by atoms with Crippen molar-refractivity contribution in [2.75, 3.05) is 31.8 Å². The van der Waals surface area contributed by atoms with E-state index in [0.29, 0.717) is 17.7 Å². The fraction of sp³-hybridized carbons (Fsp3) is 0.562. The molecule has 2 heterocycles. The average Bonchev–Trinajstić information content (AvgIpc) is 3.05. The Bertz CT molecular complexity index is 833. The third-order valence-electron chi connectivity index (χ3n) is 4.08. The maximum absolute atomic E-state index is 11.9. The molecule has 0 N–H and O–H groups in total. The van der Waals surface area contributed by atoms with Crippen LogP contribution in [-0.2, 0) is 24.1 Å². The van der Waals surface area contributed by atoms with E-state index < -0.39 is 15.8 Å². The first-order valence-corrected chi connectivity index (χ1v) is 9.65. The molecule has 1 aliphatic heterocycles. The van der Waals surface area contributed by atoms with Gasteiger partial charge in [-0.1, -0.05) is 0 Å². The van der Waals surface area contributed by atoms with Gasteiger partial charge in [0.2, 0.25) is 0 Å². The number of aromatic nitrogens is 2. The summed E-state index contributed by atoms with van der Waals surface area (Å²) in [6.07, 6.45) is 1.95. The van der Waals surface area contributed by atoms with E-state index in [0.717, 1.165) is 5.69 Å². The lowest BCUT2D eigenvalue weighted by Gasteiger charge is -2.11. The Labute approximate surface area is 146 Å². The van der Waals surface area contributed by atoms with E-state index in [2.05, 4.69) is 5.10 Å². The van der Waals surface area contributed by atoms with Gasteiger partial charge >= 0.3 is 5.97 Å². The minimum absolute atomic E-state index is 0.0578. The lowest BCUT2D eigenvalue weighted by Crippen LogP contribution is -2.14. The van der Waals surface area contributed by atoms with Crippen LogP contribution in [0.1, 0.15) is 29.4 Å². The normalized spacial score (nSPS) is 19.6. The van der Waals surface area contributed by atoms with Crippen LogP contribution in [0.3, 0.4) is 0 Å². The second kappa shape index (κ2) is 7.80. The van der Waals surface area contributed by atoms with Gasteiger partial charge in [-0.05, 0) is 26.3 Å². The highest BCUT2D eigenvalue weighted by Gasteiger charge is 2.31. The Morgan fingerprint density at radius 1 is 1.44 bits per heavy atom. The molecule has 0 unspecified atom stereocenters. The number of nitriles is 1. The molecule has 0 radical (unpaired) electrons. The number of methoxy groups -OCH3 is 1. The van der Waals surface area contributed by atoms with E-state index in [1.54, 1.807) is 18.5 Å². The van der Waals surface area contributed by atoms with Crippen LogP contribution >= 0.6 is 0 Å². The fourth-order valence-corrected chi connectivity index (χ4v) is 4.48. The zero-order valence-electron chi connectivity index (χ0n) is 14.5. The lowest BCUT2D eigenvalue weighted by molar-refractivity contribution is -0.139. The van der Waals surface area contributed by atoms with Gasteiger partial charge in [-0.3, -0.25) is 4.68 Å². The Morgan fingerprint density at radius 3 is 2.72 bits per heavy atom. The molecule has 0 saturated carbocycles. The first-order chi connectivity index (χ1) is 11.8. The van der Waals surface area contributed by atoms with Gasteiger partial charge in [0.1, 0.15) is 18.2 Å². The second-order valence-electron chi connectivity index (χ2n) is 5.88. The largest absolute Gasteiger partial charge is 0.459 e. The molecule has 0 amide bonds. The number of aryl methyl sites for hydroxylation is 1. The highest BCUT2D eigenvalue weighted by molar-refractivity contribution is 7.91. The van der Waals surface area contributed by atoms with Crippen LogP contribution in [0.5, 0.6) is 0 Å². The van der Waals surface area contributed by atoms with E-state index in [4.69, 9.17) is 9.47 Å². The van der Waals surface area contributed by atoms with Gasteiger partial charge in [0.05, 0.1) is 29.8 Å². The molecule has 8 nitrogen and oxygen atoms in total. The number of nitrogens with zero attached hydrogens (tertiary/aromatic N) is 3. The van der Waals surface area contributed by atoms with Gasteiger partial charge in [-0.15, -0.1) is 0 Å². The zero-order chi connectivity index (χ0) is 18.6. The molecule has 1 aliphatic rings. The van der Waals surface area contributed by atoms with E-state index in [-0.39, 0.29) is 36.3 Å². The lowest BCUT2D eigenvalue weighted by atomic mass is 10.1. The number of ether oxygens (including phenoxy) is 2. The Kier molecular flexibility index (Phi) is 5.98. The summed E-state index contributed by atoms with van der Waals surface area (Å²) in [5.41, 5.74) is 1.83. The average molecular weight is 367 g/mol. The van der Waals surface area contributed by atoms with Crippen LogP contribution < -0.4 is 0 Å². The summed E-state index contributed by atoms with van der Waals surface area (Å²) in [5.74, 6) is -0.520. The standard InChI is InChI=1S/C16H21N3O5S/c1-11-15(8-13(9-17)16(20)24-6-5-23-3)12(2)19(18-11)14-4-7-25(21,22)10-14/h8,14H,4-7,10H2,1-3H3/b13-8+/t14-/m1/s1. The van der Waals surface area contributed by atoms with Crippen molar-refractivity contribution in [3.05, 3.63) is 22.5 Å². The first-order valence-electron chi connectivity index (χ1n) is 7.83. The maximum atomic E-state index is 11.9. The van der Waals surface area contributed by atoms with Crippen LogP contribution in [0.15, 0.2) is 5.57 Å². The minimum atomic E-state index is -3.03. The van der Waals surface area contributed by atoms with Crippen molar-refractivity contribution in [2.45, 2.75) is 26.3 Å². The third kappa shape index (κ3) is 4.46. The fourth-order valence-electron chi connectivity index (χ4n) is 2.78. The van der Waals surface area contributed by atoms with Gasteiger partial charge < -0.3 is 9.47 Å². The second-order valence-corrected chi connectivity index (χ2v) is 8.11. The Balaban J connectivity index is 2.27. The van der Waals surface area contributed by atoms with Crippen LogP contribution in [0.4, 0.5) is 0 Å². The van der Waals surface area contributed by atoms with E-state index in [1.165, 1.54) is 13.2 Å². The maximum Gasteiger partial charge on any atom is 0.348 e. The smallest absolute Gasteiger partial charge is 0.348 e. The molecule has 0 aliphatic carbocycles. The van der Waals surface area contributed by atoms with Crippen molar-refractivity contribution in [1.29, 1.82) is 5.26 Å². The van der Waals surface area contributed by atoms with Gasteiger partial charge in [0.25, 0.3) is 0 Å².